The van der Waals surface area contributed by atoms with E-state index in [1.54, 1.807) is 0 Å². The Kier molecular flexibility index (Phi) is 5.74. The Balaban J connectivity index is 1.61. The molecule has 1 atom stereocenters. The second-order valence-corrected chi connectivity index (χ2v) is 7.36. The van der Waals surface area contributed by atoms with Crippen LogP contribution in [0, 0.1) is 12.8 Å². The molecule has 2 heterocycles. The van der Waals surface area contributed by atoms with Crippen LogP contribution >= 0.6 is 0 Å². The summed E-state index contributed by atoms with van der Waals surface area (Å²) in [7, 11) is 0. The molecule has 1 saturated heterocycles. The van der Waals surface area contributed by atoms with E-state index in [2.05, 4.69) is 29.0 Å². The third-order valence-corrected chi connectivity index (χ3v) is 4.66. The quantitative estimate of drug-likeness (QED) is 0.614. The summed E-state index contributed by atoms with van der Waals surface area (Å²) in [5, 5.41) is 3.53. The highest BCUT2D eigenvalue weighted by molar-refractivity contribution is 6.45. The average molecular weight is 357 g/mol. The number of para-hydroxylation sites is 1. The second-order valence-electron chi connectivity index (χ2n) is 7.36. The van der Waals surface area contributed by atoms with Gasteiger partial charge in [0.15, 0.2) is 0 Å². The number of aromatic nitrogens is 1. The lowest BCUT2D eigenvalue weighted by atomic mass is 10.1. The predicted molar refractivity (Wildman–Crippen MR) is 101 cm³/mol. The molecule has 1 unspecified atom stereocenters. The number of aryl methyl sites for hydroxylation is 1. The monoisotopic (exact) mass is 357 g/mol. The Labute approximate surface area is 153 Å². The third-order valence-electron chi connectivity index (χ3n) is 4.66. The molecule has 0 spiro atoms. The highest BCUT2D eigenvalue weighted by Crippen LogP contribution is 2.22. The van der Waals surface area contributed by atoms with Crippen LogP contribution in [0.5, 0.6) is 0 Å². The Morgan fingerprint density at radius 3 is 2.88 bits per heavy atom. The molecule has 2 N–H and O–H groups in total. The number of carbonyl (C=O) groups is 2. The van der Waals surface area contributed by atoms with Crippen molar-refractivity contribution in [2.24, 2.45) is 5.92 Å². The van der Waals surface area contributed by atoms with Crippen molar-refractivity contribution in [3.63, 3.8) is 0 Å². The fourth-order valence-electron chi connectivity index (χ4n) is 3.56. The van der Waals surface area contributed by atoms with Gasteiger partial charge in [-0.25, -0.2) is 0 Å². The lowest BCUT2D eigenvalue weighted by molar-refractivity contribution is -0.118. The highest BCUT2D eigenvalue weighted by atomic mass is 16.5. The van der Waals surface area contributed by atoms with Gasteiger partial charge in [0, 0.05) is 42.8 Å². The molecule has 1 aliphatic heterocycles. The molecule has 140 valence electrons. The Hall–Kier alpha value is -2.18. The van der Waals surface area contributed by atoms with Crippen molar-refractivity contribution in [1.82, 2.24) is 15.2 Å². The van der Waals surface area contributed by atoms with Crippen molar-refractivity contribution in [2.75, 3.05) is 32.8 Å². The van der Waals surface area contributed by atoms with Crippen molar-refractivity contribution in [1.29, 1.82) is 0 Å². The van der Waals surface area contributed by atoms with Gasteiger partial charge in [-0.3, -0.25) is 14.5 Å². The maximum absolute atomic E-state index is 12.6. The molecule has 3 rings (SSSR count). The van der Waals surface area contributed by atoms with Gasteiger partial charge in [-0.2, -0.15) is 0 Å². The topological polar surface area (TPSA) is 74.4 Å². The zero-order chi connectivity index (χ0) is 18.7. The van der Waals surface area contributed by atoms with Gasteiger partial charge in [-0.05, 0) is 18.9 Å². The number of benzene rings is 1. The summed E-state index contributed by atoms with van der Waals surface area (Å²) in [5.74, 6) is -0.494. The zero-order valence-corrected chi connectivity index (χ0v) is 15.7. The van der Waals surface area contributed by atoms with Crippen molar-refractivity contribution in [3.05, 3.63) is 35.5 Å². The Bertz CT molecular complexity index is 797. The molecule has 0 radical (unpaired) electrons. The van der Waals surface area contributed by atoms with Crippen LogP contribution in [0.1, 0.15) is 29.9 Å². The first kappa shape index (κ1) is 18.6. The molecule has 6 nitrogen and oxygen atoms in total. The number of nitrogens with zero attached hydrogens (tertiary/aromatic N) is 1. The number of amides is 1. The SMILES string of the molecule is Cc1[nH]c2ccccc2c1C(=O)C(=O)NCC1CN(CC(C)C)CCO1. The molecule has 1 aromatic heterocycles. The normalized spacial score (nSPS) is 18.4. The van der Waals surface area contributed by atoms with Gasteiger partial charge in [-0.15, -0.1) is 0 Å². The number of H-pyrrole nitrogens is 1. The minimum Gasteiger partial charge on any atom is -0.374 e. The number of aromatic amines is 1. The van der Waals surface area contributed by atoms with E-state index in [9.17, 15) is 9.59 Å². The van der Waals surface area contributed by atoms with Crippen molar-refractivity contribution >= 4 is 22.6 Å². The van der Waals surface area contributed by atoms with Crippen LogP contribution in [-0.4, -0.2) is 60.5 Å². The molecule has 0 saturated carbocycles. The predicted octanol–water partition coefficient (Wildman–Crippen LogP) is 2.13. The van der Waals surface area contributed by atoms with Crippen LogP contribution in [0.3, 0.4) is 0 Å². The fourth-order valence-corrected chi connectivity index (χ4v) is 3.56. The molecule has 0 aliphatic carbocycles. The summed E-state index contributed by atoms with van der Waals surface area (Å²) in [4.78, 5) is 30.5. The second kappa shape index (κ2) is 8.01. The van der Waals surface area contributed by atoms with Gasteiger partial charge in [0.25, 0.3) is 11.7 Å². The number of nitrogens with one attached hydrogen (secondary N) is 2. The van der Waals surface area contributed by atoms with Crippen LogP contribution in [0.25, 0.3) is 10.9 Å². The number of carbonyl (C=O) groups excluding carboxylic acids is 2. The molecule has 6 heteroatoms. The number of ether oxygens (including phenoxy) is 1. The van der Waals surface area contributed by atoms with Crippen molar-refractivity contribution in [3.8, 4) is 0 Å². The zero-order valence-electron chi connectivity index (χ0n) is 15.7. The molecule has 0 bridgehead atoms. The molecule has 1 fully saturated rings. The van der Waals surface area contributed by atoms with E-state index in [-0.39, 0.29) is 6.10 Å². The molecular weight excluding hydrogens is 330 g/mol. The molecule has 1 aliphatic rings. The smallest absolute Gasteiger partial charge is 0.292 e. The molecule has 26 heavy (non-hydrogen) atoms. The number of hydrogen-bond donors (Lipinski definition) is 2. The average Bonchev–Trinajstić information content (AvgIpc) is 2.94. The lowest BCUT2D eigenvalue weighted by Gasteiger charge is -2.33. The minimum atomic E-state index is -0.581. The fraction of sp³-hybridized carbons (Fsp3) is 0.500. The van der Waals surface area contributed by atoms with Gasteiger partial charge in [-0.1, -0.05) is 32.0 Å². The van der Waals surface area contributed by atoms with Crippen LogP contribution in [0.4, 0.5) is 0 Å². The Morgan fingerprint density at radius 1 is 1.35 bits per heavy atom. The molecule has 2 aromatic rings. The molecular formula is C20H27N3O3. The van der Waals surface area contributed by atoms with Gasteiger partial charge < -0.3 is 15.0 Å². The first-order valence-corrected chi connectivity index (χ1v) is 9.19. The van der Waals surface area contributed by atoms with E-state index >= 15 is 0 Å². The van der Waals surface area contributed by atoms with E-state index in [4.69, 9.17) is 4.74 Å². The van der Waals surface area contributed by atoms with Crippen LogP contribution in [0.15, 0.2) is 24.3 Å². The van der Waals surface area contributed by atoms with Crippen molar-refractivity contribution < 1.29 is 14.3 Å². The number of Topliss-reactive ketones (excluding diaryl/α,β-unsaturated/α-hetero) is 1. The first-order chi connectivity index (χ1) is 12.5. The number of hydrogen-bond acceptors (Lipinski definition) is 4. The van der Waals surface area contributed by atoms with E-state index in [1.165, 1.54) is 0 Å². The van der Waals surface area contributed by atoms with Crippen molar-refractivity contribution in [2.45, 2.75) is 26.9 Å². The summed E-state index contributed by atoms with van der Waals surface area (Å²) in [6, 6.07) is 7.52. The van der Waals surface area contributed by atoms with Gasteiger partial charge in [0.05, 0.1) is 18.3 Å². The van der Waals surface area contributed by atoms with Crippen LogP contribution < -0.4 is 5.32 Å². The maximum atomic E-state index is 12.6. The first-order valence-electron chi connectivity index (χ1n) is 9.19. The van der Waals surface area contributed by atoms with E-state index in [0.29, 0.717) is 30.3 Å². The van der Waals surface area contributed by atoms with E-state index in [0.717, 1.165) is 30.5 Å². The number of rotatable bonds is 6. The Morgan fingerprint density at radius 2 is 2.12 bits per heavy atom. The summed E-state index contributed by atoms with van der Waals surface area (Å²) in [5.41, 5.74) is 2.02. The van der Waals surface area contributed by atoms with Crippen LogP contribution in [-0.2, 0) is 9.53 Å². The summed E-state index contributed by atoms with van der Waals surface area (Å²) in [6.45, 7) is 9.90. The maximum Gasteiger partial charge on any atom is 0.292 e. The standard InChI is InChI=1S/C20H27N3O3/c1-13(2)11-23-8-9-26-15(12-23)10-21-20(25)19(24)18-14(3)22-17-7-5-4-6-16(17)18/h4-7,13,15,22H,8-12H2,1-3H3,(H,21,25). The third kappa shape index (κ3) is 4.14. The summed E-state index contributed by atoms with van der Waals surface area (Å²) < 4.78 is 5.73. The largest absolute Gasteiger partial charge is 0.374 e. The minimum absolute atomic E-state index is 0.0803. The van der Waals surface area contributed by atoms with Gasteiger partial charge in [0.1, 0.15) is 0 Å². The summed E-state index contributed by atoms with van der Waals surface area (Å²) >= 11 is 0. The van der Waals surface area contributed by atoms with Crippen LogP contribution in [0.2, 0.25) is 0 Å². The van der Waals surface area contributed by atoms with Gasteiger partial charge in [0.2, 0.25) is 0 Å². The summed E-state index contributed by atoms with van der Waals surface area (Å²) in [6.07, 6.45) is -0.0803. The molecule has 1 amide bonds. The highest BCUT2D eigenvalue weighted by Gasteiger charge is 2.25. The van der Waals surface area contributed by atoms with E-state index in [1.807, 2.05) is 31.2 Å². The molecule has 1 aromatic carbocycles. The lowest BCUT2D eigenvalue weighted by Crippen LogP contribution is -2.49. The van der Waals surface area contributed by atoms with Gasteiger partial charge >= 0.3 is 0 Å². The van der Waals surface area contributed by atoms with E-state index < -0.39 is 11.7 Å². The number of morpholine rings is 1. The number of ketones is 1. The number of fused-ring (bicyclic) bond motifs is 1.